The van der Waals surface area contributed by atoms with Crippen molar-refractivity contribution in [3.63, 3.8) is 0 Å². The minimum atomic E-state index is -0.522. The predicted molar refractivity (Wildman–Crippen MR) is 105 cm³/mol. The molecule has 0 fully saturated rings. The molecule has 1 aromatic carbocycles. The number of fused-ring (bicyclic) bond motifs is 1. The van der Waals surface area contributed by atoms with E-state index in [1.165, 1.54) is 24.5 Å². The summed E-state index contributed by atoms with van der Waals surface area (Å²) >= 11 is 1.44. The highest BCUT2D eigenvalue weighted by Gasteiger charge is 2.25. The van der Waals surface area contributed by atoms with Crippen molar-refractivity contribution in [3.8, 4) is 17.9 Å². The fourth-order valence-electron chi connectivity index (χ4n) is 3.22. The lowest BCUT2D eigenvalue weighted by molar-refractivity contribution is -0.112. The van der Waals surface area contributed by atoms with Gasteiger partial charge in [0, 0.05) is 10.4 Å². The fraction of sp³-hybridized carbons (Fsp3) is 0.286. The van der Waals surface area contributed by atoms with E-state index in [-0.39, 0.29) is 5.57 Å². The van der Waals surface area contributed by atoms with Gasteiger partial charge in [-0.15, -0.1) is 11.3 Å². The second-order valence-corrected chi connectivity index (χ2v) is 7.64. The molecule has 6 heteroatoms. The number of carbonyl (C=O) groups excluding carboxylic acids is 1. The van der Waals surface area contributed by atoms with Gasteiger partial charge in [0.15, 0.2) is 0 Å². The van der Waals surface area contributed by atoms with E-state index in [1.807, 2.05) is 18.2 Å². The summed E-state index contributed by atoms with van der Waals surface area (Å²) in [7, 11) is 1.54. The molecule has 136 valence electrons. The van der Waals surface area contributed by atoms with Crippen LogP contribution in [0, 0.1) is 28.6 Å². The molecule has 0 bridgehead atoms. The minimum Gasteiger partial charge on any atom is -0.496 e. The molecule has 1 heterocycles. The minimum absolute atomic E-state index is 0.0388. The van der Waals surface area contributed by atoms with E-state index >= 15 is 0 Å². The summed E-state index contributed by atoms with van der Waals surface area (Å²) in [6.45, 7) is 2.19. The average Bonchev–Trinajstić information content (AvgIpc) is 3.01. The van der Waals surface area contributed by atoms with Gasteiger partial charge in [0.05, 0.1) is 12.7 Å². The molecule has 1 aliphatic rings. The Hall–Kier alpha value is -3.09. The van der Waals surface area contributed by atoms with Crippen LogP contribution in [0.2, 0.25) is 0 Å². The average molecular weight is 377 g/mol. The summed E-state index contributed by atoms with van der Waals surface area (Å²) in [5, 5.41) is 22.3. The molecule has 2 aromatic rings. The van der Waals surface area contributed by atoms with Crippen molar-refractivity contribution in [1.29, 1.82) is 10.5 Å². The van der Waals surface area contributed by atoms with Crippen molar-refractivity contribution in [2.24, 2.45) is 5.92 Å². The summed E-state index contributed by atoms with van der Waals surface area (Å²) in [4.78, 5) is 13.8. The first-order valence-corrected chi connectivity index (χ1v) is 9.49. The number of nitrogens with one attached hydrogen (secondary N) is 1. The molecule has 0 radical (unpaired) electrons. The van der Waals surface area contributed by atoms with Crippen LogP contribution in [0.3, 0.4) is 0 Å². The molecule has 1 aliphatic carbocycles. The summed E-state index contributed by atoms with van der Waals surface area (Å²) in [5.41, 5.74) is 2.18. The summed E-state index contributed by atoms with van der Waals surface area (Å²) in [5.74, 6) is 0.634. The molecule has 0 aliphatic heterocycles. The third-order valence-corrected chi connectivity index (χ3v) is 5.82. The maximum atomic E-state index is 12.6. The number of hydrogen-bond donors (Lipinski definition) is 1. The summed E-state index contributed by atoms with van der Waals surface area (Å²) in [6.07, 6.45) is 4.32. The summed E-state index contributed by atoms with van der Waals surface area (Å²) < 4.78 is 5.26. The second-order valence-electron chi connectivity index (χ2n) is 6.53. The van der Waals surface area contributed by atoms with Crippen molar-refractivity contribution in [3.05, 3.63) is 51.4 Å². The van der Waals surface area contributed by atoms with Gasteiger partial charge >= 0.3 is 0 Å². The molecule has 0 spiro atoms. The number of thiophene rings is 1. The Morgan fingerprint density at radius 3 is 2.85 bits per heavy atom. The number of rotatable bonds is 4. The number of anilines is 1. The highest BCUT2D eigenvalue weighted by atomic mass is 32.1. The van der Waals surface area contributed by atoms with E-state index in [2.05, 4.69) is 18.3 Å². The van der Waals surface area contributed by atoms with Crippen molar-refractivity contribution < 1.29 is 9.53 Å². The number of methoxy groups -OCH3 is 1. The number of nitrogens with zero attached hydrogens (tertiary/aromatic N) is 2. The van der Waals surface area contributed by atoms with Gasteiger partial charge in [0.2, 0.25) is 0 Å². The van der Waals surface area contributed by atoms with E-state index < -0.39 is 5.91 Å². The van der Waals surface area contributed by atoms with Crippen LogP contribution in [0.15, 0.2) is 29.8 Å². The van der Waals surface area contributed by atoms with Crippen molar-refractivity contribution in [2.45, 2.75) is 26.2 Å². The van der Waals surface area contributed by atoms with Gasteiger partial charge in [-0.3, -0.25) is 4.79 Å². The predicted octanol–water partition coefficient (Wildman–Crippen LogP) is 4.30. The lowest BCUT2D eigenvalue weighted by atomic mass is 9.88. The molecule has 1 aromatic heterocycles. The van der Waals surface area contributed by atoms with E-state index in [0.29, 0.717) is 27.8 Å². The third-order valence-electron chi connectivity index (χ3n) is 4.65. The number of hydrogen-bond acceptors (Lipinski definition) is 5. The van der Waals surface area contributed by atoms with Crippen molar-refractivity contribution in [2.75, 3.05) is 12.4 Å². The Bertz CT molecular complexity index is 992. The van der Waals surface area contributed by atoms with Gasteiger partial charge in [0.25, 0.3) is 5.91 Å². The van der Waals surface area contributed by atoms with Gasteiger partial charge < -0.3 is 10.1 Å². The van der Waals surface area contributed by atoms with Gasteiger partial charge in [-0.25, -0.2) is 0 Å². The fourth-order valence-corrected chi connectivity index (χ4v) is 4.57. The SMILES string of the molecule is COc1ccccc1/C=C(\C#N)C(=O)Nc1sc2c(c1C#N)CCC(C)C2. The van der Waals surface area contributed by atoms with Crippen LogP contribution >= 0.6 is 11.3 Å². The molecule has 1 unspecified atom stereocenters. The standard InChI is InChI=1S/C21H19N3O2S/c1-13-7-8-16-17(12-23)21(27-19(16)9-13)24-20(25)15(11-22)10-14-5-3-4-6-18(14)26-2/h3-6,10,13H,7-9H2,1-2H3,(H,24,25)/b15-10+. The normalized spacial score (nSPS) is 16.0. The van der Waals surface area contributed by atoms with Gasteiger partial charge in [0.1, 0.15) is 28.5 Å². The van der Waals surface area contributed by atoms with Crippen LogP contribution in [0.4, 0.5) is 5.00 Å². The smallest absolute Gasteiger partial charge is 0.266 e. The zero-order chi connectivity index (χ0) is 19.4. The summed E-state index contributed by atoms with van der Waals surface area (Å²) in [6, 6.07) is 11.3. The topological polar surface area (TPSA) is 85.9 Å². The molecule has 1 atom stereocenters. The first-order valence-electron chi connectivity index (χ1n) is 8.68. The van der Waals surface area contributed by atoms with Crippen LogP contribution < -0.4 is 10.1 Å². The van der Waals surface area contributed by atoms with Crippen LogP contribution in [0.25, 0.3) is 6.08 Å². The van der Waals surface area contributed by atoms with Crippen molar-refractivity contribution >= 4 is 28.3 Å². The molecule has 1 N–H and O–H groups in total. The number of ether oxygens (including phenoxy) is 1. The monoisotopic (exact) mass is 377 g/mol. The Morgan fingerprint density at radius 2 is 2.15 bits per heavy atom. The van der Waals surface area contributed by atoms with Crippen LogP contribution in [-0.2, 0) is 17.6 Å². The van der Waals surface area contributed by atoms with E-state index in [0.717, 1.165) is 29.7 Å². The molecule has 1 amide bonds. The Morgan fingerprint density at radius 1 is 1.37 bits per heavy atom. The molecular weight excluding hydrogens is 358 g/mol. The van der Waals surface area contributed by atoms with Crippen LogP contribution in [0.1, 0.15) is 34.9 Å². The lowest BCUT2D eigenvalue weighted by Gasteiger charge is -2.17. The van der Waals surface area contributed by atoms with Crippen LogP contribution in [0.5, 0.6) is 5.75 Å². The van der Waals surface area contributed by atoms with Gasteiger partial charge in [-0.1, -0.05) is 25.1 Å². The highest BCUT2D eigenvalue weighted by molar-refractivity contribution is 7.16. The van der Waals surface area contributed by atoms with E-state index in [9.17, 15) is 15.3 Å². The zero-order valence-corrected chi connectivity index (χ0v) is 16.0. The number of para-hydroxylation sites is 1. The molecular formula is C21H19N3O2S. The largest absolute Gasteiger partial charge is 0.496 e. The Labute approximate surface area is 162 Å². The van der Waals surface area contributed by atoms with Gasteiger partial charge in [-0.2, -0.15) is 10.5 Å². The Kier molecular flexibility index (Phi) is 5.59. The number of benzene rings is 1. The molecule has 0 saturated heterocycles. The maximum Gasteiger partial charge on any atom is 0.266 e. The van der Waals surface area contributed by atoms with E-state index in [1.54, 1.807) is 12.1 Å². The molecule has 0 saturated carbocycles. The number of carbonyl (C=O) groups is 1. The first-order chi connectivity index (χ1) is 13.1. The van der Waals surface area contributed by atoms with Crippen molar-refractivity contribution in [1.82, 2.24) is 0 Å². The zero-order valence-electron chi connectivity index (χ0n) is 15.2. The Balaban J connectivity index is 1.89. The van der Waals surface area contributed by atoms with E-state index in [4.69, 9.17) is 4.74 Å². The maximum absolute atomic E-state index is 12.6. The molecule has 3 rings (SSSR count). The van der Waals surface area contributed by atoms with Crippen LogP contribution in [-0.4, -0.2) is 13.0 Å². The van der Waals surface area contributed by atoms with Gasteiger partial charge in [-0.05, 0) is 42.9 Å². The quantitative estimate of drug-likeness (QED) is 0.636. The molecule has 27 heavy (non-hydrogen) atoms. The number of nitriles is 2. The lowest BCUT2D eigenvalue weighted by Crippen LogP contribution is -2.13. The molecule has 5 nitrogen and oxygen atoms in total. The second kappa shape index (κ2) is 8.07. The highest BCUT2D eigenvalue weighted by Crippen LogP contribution is 2.39. The number of amides is 1. The first kappa shape index (κ1) is 18.7. The third kappa shape index (κ3) is 3.86.